The molecule has 0 radical (unpaired) electrons. The number of likely N-dealkylation sites (tertiary alicyclic amines) is 1. The van der Waals surface area contributed by atoms with Crippen molar-refractivity contribution in [3.63, 3.8) is 0 Å². The van der Waals surface area contributed by atoms with Crippen molar-refractivity contribution in [1.29, 1.82) is 0 Å². The van der Waals surface area contributed by atoms with Crippen LogP contribution in [0.3, 0.4) is 0 Å². The number of halogens is 1. The molecule has 1 aromatic heterocycles. The third-order valence-corrected chi connectivity index (χ3v) is 6.95. The predicted molar refractivity (Wildman–Crippen MR) is 136 cm³/mol. The van der Waals surface area contributed by atoms with Gasteiger partial charge in [-0.3, -0.25) is 4.79 Å². The highest BCUT2D eigenvalue weighted by Gasteiger charge is 2.24. The van der Waals surface area contributed by atoms with E-state index < -0.39 is 6.61 Å². The Morgan fingerprint density at radius 3 is 2.59 bits per heavy atom. The number of rotatable bonds is 7. The van der Waals surface area contributed by atoms with Gasteiger partial charge in [-0.15, -0.1) is 0 Å². The zero-order chi connectivity index (χ0) is 24.1. The van der Waals surface area contributed by atoms with E-state index in [-0.39, 0.29) is 11.9 Å². The number of anilines is 4. The summed E-state index contributed by atoms with van der Waals surface area (Å²) in [5.74, 6) is 0.724. The molecule has 184 valence electrons. The Hall–Kier alpha value is -2.62. The third-order valence-electron chi connectivity index (χ3n) is 6.68. The van der Waals surface area contributed by atoms with Crippen molar-refractivity contribution < 1.29 is 9.90 Å². The van der Waals surface area contributed by atoms with Crippen LogP contribution in [0.25, 0.3) is 0 Å². The number of nitrogens with one attached hydrogen (secondary N) is 2. The molecule has 0 aliphatic carbocycles. The van der Waals surface area contributed by atoms with Crippen molar-refractivity contribution in [3.05, 3.63) is 35.5 Å². The Balaban J connectivity index is 1.36. The molecule has 0 saturated carbocycles. The van der Waals surface area contributed by atoms with Gasteiger partial charge in [-0.05, 0) is 64.0 Å². The van der Waals surface area contributed by atoms with Gasteiger partial charge in [-0.25, -0.2) is 4.98 Å². The Morgan fingerprint density at radius 2 is 1.91 bits per heavy atom. The van der Waals surface area contributed by atoms with Crippen LogP contribution in [0.1, 0.15) is 25.7 Å². The van der Waals surface area contributed by atoms with Gasteiger partial charge < -0.3 is 30.4 Å². The van der Waals surface area contributed by atoms with Crippen LogP contribution in [0.2, 0.25) is 5.02 Å². The van der Waals surface area contributed by atoms with E-state index in [1.807, 2.05) is 12.1 Å². The van der Waals surface area contributed by atoms with Gasteiger partial charge in [-0.2, -0.15) is 4.98 Å². The van der Waals surface area contributed by atoms with Gasteiger partial charge in [-0.1, -0.05) is 11.6 Å². The number of piperidine rings is 2. The van der Waals surface area contributed by atoms with Crippen LogP contribution in [0.15, 0.2) is 30.5 Å². The average molecular weight is 488 g/mol. The molecule has 34 heavy (non-hydrogen) atoms. The Labute approximate surface area is 206 Å². The fourth-order valence-electron chi connectivity index (χ4n) is 4.67. The molecule has 4 rings (SSSR count). The highest BCUT2D eigenvalue weighted by Crippen LogP contribution is 2.26. The van der Waals surface area contributed by atoms with Crippen LogP contribution in [0.4, 0.5) is 23.1 Å². The summed E-state index contributed by atoms with van der Waals surface area (Å²) in [7, 11) is 4.31. The number of carbonyl (C=O) groups excluding carboxylic acids is 1. The first-order valence-electron chi connectivity index (χ1n) is 11.9. The summed E-state index contributed by atoms with van der Waals surface area (Å²) >= 11 is 6.34. The van der Waals surface area contributed by atoms with Crippen molar-refractivity contribution in [2.24, 2.45) is 0 Å². The van der Waals surface area contributed by atoms with Gasteiger partial charge in [0.25, 0.3) is 0 Å². The normalized spacial score (nSPS) is 19.4. The lowest BCUT2D eigenvalue weighted by atomic mass is 10.0. The number of aliphatic hydroxyl groups is 1. The topological polar surface area (TPSA) is 96.9 Å². The summed E-state index contributed by atoms with van der Waals surface area (Å²) in [6.45, 7) is 2.82. The molecule has 2 aliphatic rings. The van der Waals surface area contributed by atoms with Crippen molar-refractivity contribution in [2.75, 3.05) is 62.4 Å². The minimum atomic E-state index is -0.470. The number of benzene rings is 1. The lowest BCUT2D eigenvalue weighted by Crippen LogP contribution is -2.46. The third kappa shape index (κ3) is 6.08. The maximum absolute atomic E-state index is 11.8. The average Bonchev–Trinajstić information content (AvgIpc) is 2.86. The largest absolute Gasteiger partial charge is 0.387 e. The first kappa shape index (κ1) is 24.5. The second kappa shape index (κ2) is 11.2. The van der Waals surface area contributed by atoms with Crippen LogP contribution in [-0.2, 0) is 4.79 Å². The highest BCUT2D eigenvalue weighted by atomic mass is 35.5. The van der Waals surface area contributed by atoms with Gasteiger partial charge in [0.1, 0.15) is 11.6 Å². The molecular formula is C24H34ClN7O2. The summed E-state index contributed by atoms with van der Waals surface area (Å²) < 4.78 is 0. The van der Waals surface area contributed by atoms with Gasteiger partial charge in [0.05, 0.1) is 6.20 Å². The lowest BCUT2D eigenvalue weighted by Gasteiger charge is -2.36. The summed E-state index contributed by atoms with van der Waals surface area (Å²) in [6.07, 6.45) is 5.67. The van der Waals surface area contributed by atoms with E-state index in [2.05, 4.69) is 56.6 Å². The number of aliphatic hydroxyl groups excluding tert-OH is 1. The number of hydrogen-bond donors (Lipinski definition) is 3. The minimum absolute atomic E-state index is 0.0143. The molecule has 2 saturated heterocycles. The fraction of sp³-hybridized carbons (Fsp3) is 0.542. The van der Waals surface area contributed by atoms with E-state index in [9.17, 15) is 4.79 Å². The molecule has 2 fully saturated rings. The number of carbonyl (C=O) groups is 1. The van der Waals surface area contributed by atoms with Crippen molar-refractivity contribution in [3.8, 4) is 0 Å². The Bertz CT molecular complexity index is 964. The van der Waals surface area contributed by atoms with Crippen LogP contribution in [-0.4, -0.2) is 89.7 Å². The lowest BCUT2D eigenvalue weighted by molar-refractivity contribution is -0.135. The van der Waals surface area contributed by atoms with E-state index in [4.69, 9.17) is 16.7 Å². The summed E-state index contributed by atoms with van der Waals surface area (Å²) in [5.41, 5.74) is 2.12. The molecule has 0 bridgehead atoms. The van der Waals surface area contributed by atoms with Crippen LogP contribution < -0.4 is 15.5 Å². The number of hydrogen-bond acceptors (Lipinski definition) is 8. The molecule has 2 aromatic rings. The highest BCUT2D eigenvalue weighted by molar-refractivity contribution is 6.32. The molecule has 1 aromatic carbocycles. The SMILES string of the molecule is CN(C)C1CCN(c2ccc(Nc3ncc(Cl)c(N[C@@H]4CCCN(C(=O)CO)C4)n3)cc2)CC1. The summed E-state index contributed by atoms with van der Waals surface area (Å²) in [4.78, 5) is 27.1. The first-order valence-corrected chi connectivity index (χ1v) is 12.3. The first-order chi connectivity index (χ1) is 16.4. The molecule has 9 nitrogen and oxygen atoms in total. The molecule has 1 atom stereocenters. The smallest absolute Gasteiger partial charge is 0.248 e. The maximum Gasteiger partial charge on any atom is 0.248 e. The standard InChI is InChI=1S/C24H34ClN7O2/c1-30(2)19-9-12-31(13-10-19)20-7-5-17(6-8-20)28-24-26-14-21(25)23(29-24)27-18-4-3-11-32(15-18)22(34)16-33/h5-8,14,18-19,33H,3-4,9-13,15-16H2,1-2H3,(H2,26,27,28,29)/t18-/m1/s1. The monoisotopic (exact) mass is 487 g/mol. The van der Waals surface area contributed by atoms with Gasteiger partial charge >= 0.3 is 0 Å². The van der Waals surface area contributed by atoms with E-state index >= 15 is 0 Å². The van der Waals surface area contributed by atoms with Crippen molar-refractivity contribution in [1.82, 2.24) is 19.8 Å². The minimum Gasteiger partial charge on any atom is -0.387 e. The molecule has 1 amide bonds. The Kier molecular flexibility index (Phi) is 8.07. The van der Waals surface area contributed by atoms with Crippen LogP contribution in [0, 0.1) is 0 Å². The summed E-state index contributed by atoms with van der Waals surface area (Å²) in [5, 5.41) is 16.2. The number of nitrogens with zero attached hydrogens (tertiary/aromatic N) is 5. The molecular weight excluding hydrogens is 454 g/mol. The molecule has 2 aliphatic heterocycles. The zero-order valence-corrected chi connectivity index (χ0v) is 20.6. The van der Waals surface area contributed by atoms with Crippen molar-refractivity contribution in [2.45, 2.75) is 37.8 Å². The predicted octanol–water partition coefficient (Wildman–Crippen LogP) is 2.80. The van der Waals surface area contributed by atoms with Crippen LogP contribution >= 0.6 is 11.6 Å². The van der Waals surface area contributed by atoms with Crippen molar-refractivity contribution >= 4 is 40.6 Å². The van der Waals surface area contributed by atoms with E-state index in [1.54, 1.807) is 11.1 Å². The molecule has 3 heterocycles. The molecule has 10 heteroatoms. The van der Waals surface area contributed by atoms with E-state index in [0.29, 0.717) is 35.9 Å². The zero-order valence-electron chi connectivity index (χ0n) is 19.9. The fourth-order valence-corrected chi connectivity index (χ4v) is 4.81. The number of amides is 1. The number of aromatic nitrogens is 2. The molecule has 0 spiro atoms. The molecule has 3 N–H and O–H groups in total. The quantitative estimate of drug-likeness (QED) is 0.548. The van der Waals surface area contributed by atoms with Gasteiger partial charge in [0, 0.05) is 49.6 Å². The second-order valence-electron chi connectivity index (χ2n) is 9.23. The van der Waals surface area contributed by atoms with Gasteiger partial charge in [0.15, 0.2) is 5.82 Å². The summed E-state index contributed by atoms with van der Waals surface area (Å²) in [6, 6.07) is 9.01. The van der Waals surface area contributed by atoms with E-state index in [0.717, 1.165) is 31.6 Å². The Morgan fingerprint density at radius 1 is 1.18 bits per heavy atom. The van der Waals surface area contributed by atoms with Gasteiger partial charge in [0.2, 0.25) is 11.9 Å². The maximum atomic E-state index is 11.8. The van der Waals surface area contributed by atoms with E-state index in [1.165, 1.54) is 18.5 Å². The van der Waals surface area contributed by atoms with Crippen LogP contribution in [0.5, 0.6) is 0 Å². The molecule has 0 unspecified atom stereocenters. The second-order valence-corrected chi connectivity index (χ2v) is 9.63.